The Kier molecular flexibility index (Phi) is 4.69. The van der Waals surface area contributed by atoms with Crippen molar-refractivity contribution in [2.24, 2.45) is 0 Å². The van der Waals surface area contributed by atoms with Crippen LogP contribution >= 0.6 is 0 Å². The van der Waals surface area contributed by atoms with Crippen molar-refractivity contribution < 1.29 is 0 Å². The van der Waals surface area contributed by atoms with E-state index in [1.54, 1.807) is 9.25 Å². The molecule has 0 bridgehead atoms. The molecule has 0 saturated carbocycles. The molecule has 0 spiro atoms. The monoisotopic (exact) mass is 349 g/mol. The number of hydrogen-bond acceptors (Lipinski definition) is 4. The molecular formula is C20H23N5O. The van der Waals surface area contributed by atoms with Gasteiger partial charge in [-0.3, -0.25) is 10.9 Å². The maximum absolute atomic E-state index is 12.8. The van der Waals surface area contributed by atoms with E-state index >= 15 is 0 Å². The summed E-state index contributed by atoms with van der Waals surface area (Å²) in [6, 6.07) is 18.4. The van der Waals surface area contributed by atoms with Gasteiger partial charge in [0.1, 0.15) is 5.82 Å². The molecule has 0 unspecified atom stereocenters. The molecule has 1 saturated heterocycles. The van der Waals surface area contributed by atoms with E-state index in [2.05, 4.69) is 40.2 Å². The molecule has 1 aliphatic heterocycles. The Morgan fingerprint density at radius 2 is 1.73 bits per heavy atom. The first kappa shape index (κ1) is 16.8. The minimum absolute atomic E-state index is 0.0876. The van der Waals surface area contributed by atoms with Crippen molar-refractivity contribution in [3.05, 3.63) is 82.0 Å². The second-order valence-corrected chi connectivity index (χ2v) is 6.67. The Balaban J connectivity index is 1.55. The van der Waals surface area contributed by atoms with Crippen molar-refractivity contribution in [1.29, 1.82) is 0 Å². The second-order valence-electron chi connectivity index (χ2n) is 6.67. The number of nitrogens with one attached hydrogen (secondary N) is 2. The molecule has 134 valence electrons. The molecule has 0 atom stereocenters. The first-order chi connectivity index (χ1) is 12.7. The molecule has 6 heteroatoms. The van der Waals surface area contributed by atoms with Gasteiger partial charge in [0.25, 0.3) is 0 Å². The first-order valence-electron chi connectivity index (χ1n) is 8.99. The Labute approximate surface area is 152 Å². The Bertz CT molecular complexity index is 921. The quantitative estimate of drug-likeness (QED) is 0.737. The third-order valence-corrected chi connectivity index (χ3v) is 4.90. The second kappa shape index (κ2) is 7.27. The number of nitrogens with zero attached hydrogens (tertiary/aromatic N) is 3. The number of benzene rings is 2. The average molecular weight is 349 g/mol. The summed E-state index contributed by atoms with van der Waals surface area (Å²) < 4.78 is 3.24. The number of hydrazine groups is 1. The maximum Gasteiger partial charge on any atom is 0.350 e. The summed E-state index contributed by atoms with van der Waals surface area (Å²) in [6.07, 6.45) is 0.790. The lowest BCUT2D eigenvalue weighted by molar-refractivity contribution is 0.587. The zero-order valence-electron chi connectivity index (χ0n) is 14.9. The van der Waals surface area contributed by atoms with Crippen molar-refractivity contribution in [3.63, 3.8) is 0 Å². The van der Waals surface area contributed by atoms with Crippen LogP contribution < -0.4 is 16.5 Å². The number of rotatable bonds is 5. The van der Waals surface area contributed by atoms with Gasteiger partial charge in [-0.15, -0.1) is 0 Å². The van der Waals surface area contributed by atoms with Gasteiger partial charge < -0.3 is 0 Å². The Morgan fingerprint density at radius 1 is 1.04 bits per heavy atom. The molecule has 0 aliphatic carbocycles. The van der Waals surface area contributed by atoms with Crippen molar-refractivity contribution in [2.75, 3.05) is 13.1 Å². The summed E-state index contributed by atoms with van der Waals surface area (Å²) >= 11 is 0. The van der Waals surface area contributed by atoms with Gasteiger partial charge in [0.2, 0.25) is 0 Å². The highest BCUT2D eigenvalue weighted by molar-refractivity contribution is 5.37. The maximum atomic E-state index is 12.8. The molecule has 0 amide bonds. The van der Waals surface area contributed by atoms with Gasteiger partial charge >= 0.3 is 5.69 Å². The molecule has 2 heterocycles. The van der Waals surface area contributed by atoms with Gasteiger partial charge in [0.15, 0.2) is 0 Å². The van der Waals surface area contributed by atoms with Crippen LogP contribution in [-0.2, 0) is 13.0 Å². The van der Waals surface area contributed by atoms with Crippen molar-refractivity contribution in [2.45, 2.75) is 25.8 Å². The lowest BCUT2D eigenvalue weighted by Crippen LogP contribution is -2.25. The number of aryl methyl sites for hydroxylation is 3. The van der Waals surface area contributed by atoms with Crippen molar-refractivity contribution >= 4 is 0 Å². The molecule has 4 rings (SSSR count). The highest BCUT2D eigenvalue weighted by atomic mass is 16.2. The summed E-state index contributed by atoms with van der Waals surface area (Å²) in [6.45, 7) is 4.30. The standard InChI is InChI=1S/C20H23N5O/c1-15-23-24(12-11-16-5-3-2-4-6-16)20(26)25(15)19-9-7-17(8-10-19)18-13-21-22-14-18/h2-10,18,21-22H,11-14H2,1H3. The number of aromatic nitrogens is 3. The van der Waals surface area contributed by atoms with Crippen molar-refractivity contribution in [3.8, 4) is 5.69 Å². The molecule has 1 fully saturated rings. The fourth-order valence-electron chi connectivity index (χ4n) is 3.43. The molecular weight excluding hydrogens is 326 g/mol. The Morgan fingerprint density at radius 3 is 2.42 bits per heavy atom. The minimum Gasteiger partial charge on any atom is -0.257 e. The molecule has 1 aliphatic rings. The van der Waals surface area contributed by atoms with Crippen LogP contribution in [0.4, 0.5) is 0 Å². The molecule has 1 aromatic heterocycles. The third-order valence-electron chi connectivity index (χ3n) is 4.90. The van der Waals surface area contributed by atoms with Gasteiger partial charge in [-0.1, -0.05) is 42.5 Å². The lowest BCUT2D eigenvalue weighted by atomic mass is 10.0. The normalized spacial score (nSPS) is 14.8. The van der Waals surface area contributed by atoms with Gasteiger partial charge in [0.05, 0.1) is 12.2 Å². The summed E-state index contributed by atoms with van der Waals surface area (Å²) in [5.41, 5.74) is 9.54. The molecule has 2 N–H and O–H groups in total. The van der Waals surface area contributed by atoms with Gasteiger partial charge in [-0.25, -0.2) is 14.0 Å². The SMILES string of the molecule is Cc1nn(CCc2ccccc2)c(=O)n1-c1ccc(C2CNNC2)cc1. The average Bonchev–Trinajstić information content (AvgIpc) is 3.30. The van der Waals surface area contributed by atoms with Crippen molar-refractivity contribution in [1.82, 2.24) is 25.2 Å². The van der Waals surface area contributed by atoms with E-state index < -0.39 is 0 Å². The minimum atomic E-state index is -0.0876. The summed E-state index contributed by atoms with van der Waals surface area (Å²) in [5.74, 6) is 1.18. The van der Waals surface area contributed by atoms with E-state index in [1.165, 1.54) is 11.1 Å². The van der Waals surface area contributed by atoms with Gasteiger partial charge in [0, 0.05) is 19.0 Å². The molecule has 26 heavy (non-hydrogen) atoms. The van der Waals surface area contributed by atoms with E-state index in [0.29, 0.717) is 18.3 Å². The van der Waals surface area contributed by atoms with Crippen LogP contribution in [0.2, 0.25) is 0 Å². The number of hydrogen-bond donors (Lipinski definition) is 2. The van der Waals surface area contributed by atoms with Gasteiger partial charge in [-0.05, 0) is 36.6 Å². The van der Waals surface area contributed by atoms with Crippen LogP contribution in [0.5, 0.6) is 0 Å². The smallest absolute Gasteiger partial charge is 0.257 e. The zero-order valence-corrected chi connectivity index (χ0v) is 14.9. The van der Waals surface area contributed by atoms with E-state index in [1.807, 2.05) is 37.3 Å². The predicted molar refractivity (Wildman–Crippen MR) is 101 cm³/mol. The molecule has 3 aromatic rings. The van der Waals surface area contributed by atoms with Crippen LogP contribution in [0, 0.1) is 6.92 Å². The van der Waals surface area contributed by atoms with Crippen LogP contribution in [0.3, 0.4) is 0 Å². The first-order valence-corrected chi connectivity index (χ1v) is 8.99. The van der Waals surface area contributed by atoms with E-state index in [0.717, 1.165) is 25.2 Å². The summed E-state index contributed by atoms with van der Waals surface area (Å²) in [7, 11) is 0. The van der Waals surface area contributed by atoms with Crippen LogP contribution in [0.25, 0.3) is 5.69 Å². The molecule has 0 radical (unpaired) electrons. The van der Waals surface area contributed by atoms with Crippen LogP contribution in [0.1, 0.15) is 22.9 Å². The van der Waals surface area contributed by atoms with Crippen LogP contribution in [-0.4, -0.2) is 27.4 Å². The topological polar surface area (TPSA) is 63.9 Å². The van der Waals surface area contributed by atoms with Crippen LogP contribution in [0.15, 0.2) is 59.4 Å². The predicted octanol–water partition coefficient (Wildman–Crippen LogP) is 1.78. The molecule has 6 nitrogen and oxygen atoms in total. The summed E-state index contributed by atoms with van der Waals surface area (Å²) in [5, 5.41) is 4.45. The fourth-order valence-corrected chi connectivity index (χ4v) is 3.43. The lowest BCUT2D eigenvalue weighted by Gasteiger charge is -2.09. The highest BCUT2D eigenvalue weighted by Crippen LogP contribution is 2.18. The molecule has 2 aromatic carbocycles. The zero-order chi connectivity index (χ0) is 17.9. The highest BCUT2D eigenvalue weighted by Gasteiger charge is 2.17. The van der Waals surface area contributed by atoms with E-state index in [-0.39, 0.29) is 5.69 Å². The summed E-state index contributed by atoms with van der Waals surface area (Å²) in [4.78, 5) is 12.8. The largest absolute Gasteiger partial charge is 0.350 e. The van der Waals surface area contributed by atoms with Gasteiger partial charge in [-0.2, -0.15) is 5.10 Å². The van der Waals surface area contributed by atoms with E-state index in [4.69, 9.17) is 0 Å². The van der Waals surface area contributed by atoms with E-state index in [9.17, 15) is 4.79 Å². The fraction of sp³-hybridized carbons (Fsp3) is 0.300. The Hall–Kier alpha value is -2.70. The third kappa shape index (κ3) is 3.34.